The van der Waals surface area contributed by atoms with Crippen LogP contribution >= 0.6 is 0 Å². The topological polar surface area (TPSA) is 61.4 Å². The number of nitrogens with zero attached hydrogens (tertiary/aromatic N) is 1. The summed E-state index contributed by atoms with van der Waals surface area (Å²) in [5.41, 5.74) is 1.65. The summed E-state index contributed by atoms with van der Waals surface area (Å²) in [4.78, 5) is 26.6. The molecule has 0 heterocycles. The molecule has 5 heteroatoms. The molecule has 2 rings (SSSR count). The highest BCUT2D eigenvalue weighted by molar-refractivity contribution is 5.96. The van der Waals surface area contributed by atoms with Crippen LogP contribution in [0.2, 0.25) is 0 Å². The Hall–Kier alpha value is -1.88. The monoisotopic (exact) mass is 345 g/mol. The van der Waals surface area contributed by atoms with Crippen LogP contribution in [0.1, 0.15) is 54.4 Å². The van der Waals surface area contributed by atoms with Gasteiger partial charge in [-0.25, -0.2) is 0 Å². The van der Waals surface area contributed by atoms with Crippen molar-refractivity contribution >= 4 is 11.8 Å². The molecule has 138 valence electrons. The standard InChI is InChI=1S/C20H31N3O2/c1-16-9-8-10-17(13-16)19(25)21-14-18(24)22-15-20(23(2)3)11-6-4-5-7-12-20/h8-10,13H,4-7,11-12,14-15H2,1-3H3,(H,21,25)(H,22,24). The molecule has 0 radical (unpaired) electrons. The summed E-state index contributed by atoms with van der Waals surface area (Å²) in [6, 6.07) is 7.36. The minimum atomic E-state index is -0.212. The average Bonchev–Trinajstić information content (AvgIpc) is 2.84. The first-order chi connectivity index (χ1) is 11.9. The van der Waals surface area contributed by atoms with E-state index in [2.05, 4.69) is 29.6 Å². The van der Waals surface area contributed by atoms with E-state index in [0.29, 0.717) is 12.1 Å². The number of nitrogens with one attached hydrogen (secondary N) is 2. The number of carbonyl (C=O) groups is 2. The fraction of sp³-hybridized carbons (Fsp3) is 0.600. The van der Waals surface area contributed by atoms with Crippen molar-refractivity contribution in [2.75, 3.05) is 27.2 Å². The number of likely N-dealkylation sites (N-methyl/N-ethyl adjacent to an activating group) is 1. The van der Waals surface area contributed by atoms with Crippen LogP contribution in [0.5, 0.6) is 0 Å². The van der Waals surface area contributed by atoms with Gasteiger partial charge in [0.15, 0.2) is 0 Å². The second-order valence-corrected chi connectivity index (χ2v) is 7.36. The fourth-order valence-corrected chi connectivity index (χ4v) is 3.54. The molecule has 1 aromatic carbocycles. The van der Waals surface area contributed by atoms with E-state index in [-0.39, 0.29) is 23.9 Å². The largest absolute Gasteiger partial charge is 0.353 e. The van der Waals surface area contributed by atoms with Gasteiger partial charge in [0.05, 0.1) is 6.54 Å². The van der Waals surface area contributed by atoms with Crippen LogP contribution in [-0.2, 0) is 4.79 Å². The number of rotatable bonds is 6. The second kappa shape index (κ2) is 8.99. The normalized spacial score (nSPS) is 17.0. The van der Waals surface area contributed by atoms with Crippen molar-refractivity contribution in [1.82, 2.24) is 15.5 Å². The maximum absolute atomic E-state index is 12.2. The lowest BCUT2D eigenvalue weighted by atomic mass is 9.88. The third kappa shape index (κ3) is 5.56. The lowest BCUT2D eigenvalue weighted by Crippen LogP contribution is -2.53. The zero-order valence-corrected chi connectivity index (χ0v) is 15.7. The van der Waals surface area contributed by atoms with Crippen LogP contribution < -0.4 is 10.6 Å². The average molecular weight is 345 g/mol. The van der Waals surface area contributed by atoms with Crippen LogP contribution in [0.4, 0.5) is 0 Å². The Kier molecular flexibility index (Phi) is 7.00. The van der Waals surface area contributed by atoms with Gasteiger partial charge in [0.2, 0.25) is 5.91 Å². The molecule has 0 saturated heterocycles. The number of amides is 2. The summed E-state index contributed by atoms with van der Waals surface area (Å²) in [6.45, 7) is 2.59. The van der Waals surface area contributed by atoms with Gasteiger partial charge in [0.25, 0.3) is 5.91 Å². The fourth-order valence-electron chi connectivity index (χ4n) is 3.54. The first-order valence-electron chi connectivity index (χ1n) is 9.22. The third-order valence-corrected chi connectivity index (χ3v) is 5.29. The molecule has 2 N–H and O–H groups in total. The summed E-state index contributed by atoms with van der Waals surface area (Å²) in [5.74, 6) is -0.345. The summed E-state index contributed by atoms with van der Waals surface area (Å²) in [6.07, 6.45) is 7.17. The van der Waals surface area contributed by atoms with Crippen molar-refractivity contribution in [3.05, 3.63) is 35.4 Å². The van der Waals surface area contributed by atoms with Crippen molar-refractivity contribution in [2.45, 2.75) is 51.0 Å². The van der Waals surface area contributed by atoms with E-state index in [1.165, 1.54) is 25.7 Å². The van der Waals surface area contributed by atoms with Crippen molar-refractivity contribution in [3.8, 4) is 0 Å². The quantitative estimate of drug-likeness (QED) is 0.779. The summed E-state index contributed by atoms with van der Waals surface area (Å²) >= 11 is 0. The number of hydrogen-bond acceptors (Lipinski definition) is 3. The molecule has 0 spiro atoms. The molecule has 25 heavy (non-hydrogen) atoms. The zero-order valence-electron chi connectivity index (χ0n) is 15.7. The number of benzene rings is 1. The zero-order chi connectivity index (χ0) is 18.3. The van der Waals surface area contributed by atoms with E-state index in [1.807, 2.05) is 25.1 Å². The Morgan fingerprint density at radius 3 is 2.36 bits per heavy atom. The van der Waals surface area contributed by atoms with Crippen LogP contribution in [0.15, 0.2) is 24.3 Å². The minimum absolute atomic E-state index is 0.0102. The number of hydrogen-bond donors (Lipinski definition) is 2. The van der Waals surface area contributed by atoms with Gasteiger partial charge >= 0.3 is 0 Å². The van der Waals surface area contributed by atoms with Crippen molar-refractivity contribution < 1.29 is 9.59 Å². The van der Waals surface area contributed by atoms with Crippen LogP contribution in [0.3, 0.4) is 0 Å². The predicted molar refractivity (Wildman–Crippen MR) is 101 cm³/mol. The van der Waals surface area contributed by atoms with Gasteiger partial charge in [-0.05, 0) is 46.0 Å². The van der Waals surface area contributed by atoms with Crippen LogP contribution in [0.25, 0.3) is 0 Å². The molecule has 5 nitrogen and oxygen atoms in total. The minimum Gasteiger partial charge on any atom is -0.353 e. The molecular weight excluding hydrogens is 314 g/mol. The van der Waals surface area contributed by atoms with Crippen molar-refractivity contribution in [3.63, 3.8) is 0 Å². The summed E-state index contributed by atoms with van der Waals surface area (Å²) in [5, 5.41) is 5.73. The lowest BCUT2D eigenvalue weighted by Gasteiger charge is -2.39. The predicted octanol–water partition coefficient (Wildman–Crippen LogP) is 2.50. The van der Waals surface area contributed by atoms with Gasteiger partial charge < -0.3 is 15.5 Å². The van der Waals surface area contributed by atoms with E-state index in [4.69, 9.17) is 0 Å². The SMILES string of the molecule is Cc1cccc(C(=O)NCC(=O)NCC2(N(C)C)CCCCCC2)c1. The lowest BCUT2D eigenvalue weighted by molar-refractivity contribution is -0.120. The highest BCUT2D eigenvalue weighted by atomic mass is 16.2. The first-order valence-corrected chi connectivity index (χ1v) is 9.22. The molecular formula is C20H31N3O2. The molecule has 1 aliphatic carbocycles. The molecule has 1 aromatic rings. The highest BCUT2D eigenvalue weighted by Gasteiger charge is 2.33. The third-order valence-electron chi connectivity index (χ3n) is 5.29. The Balaban J connectivity index is 1.84. The molecule has 1 aliphatic rings. The molecule has 0 aromatic heterocycles. The van der Waals surface area contributed by atoms with E-state index in [1.54, 1.807) is 6.07 Å². The van der Waals surface area contributed by atoms with E-state index in [9.17, 15) is 9.59 Å². The van der Waals surface area contributed by atoms with Crippen LogP contribution in [-0.4, -0.2) is 49.4 Å². The molecule has 0 atom stereocenters. The Labute approximate surface area is 151 Å². The summed E-state index contributed by atoms with van der Waals surface area (Å²) in [7, 11) is 4.19. The molecule has 0 bridgehead atoms. The molecule has 1 fully saturated rings. The van der Waals surface area contributed by atoms with Crippen molar-refractivity contribution in [2.24, 2.45) is 0 Å². The maximum atomic E-state index is 12.2. The molecule has 2 amide bonds. The van der Waals surface area contributed by atoms with Gasteiger partial charge in [-0.15, -0.1) is 0 Å². The Morgan fingerprint density at radius 1 is 1.08 bits per heavy atom. The van der Waals surface area contributed by atoms with E-state index >= 15 is 0 Å². The smallest absolute Gasteiger partial charge is 0.251 e. The Morgan fingerprint density at radius 2 is 1.76 bits per heavy atom. The number of carbonyl (C=O) groups excluding carboxylic acids is 2. The maximum Gasteiger partial charge on any atom is 0.251 e. The van der Waals surface area contributed by atoms with Crippen LogP contribution in [0, 0.1) is 6.92 Å². The number of aryl methyl sites for hydroxylation is 1. The van der Waals surface area contributed by atoms with Gasteiger partial charge in [0, 0.05) is 17.6 Å². The van der Waals surface area contributed by atoms with Gasteiger partial charge in [-0.2, -0.15) is 0 Å². The van der Waals surface area contributed by atoms with Crippen molar-refractivity contribution in [1.29, 1.82) is 0 Å². The first kappa shape index (κ1) is 19.4. The van der Waals surface area contributed by atoms with Gasteiger partial charge in [-0.1, -0.05) is 43.4 Å². The van der Waals surface area contributed by atoms with E-state index < -0.39 is 0 Å². The molecule has 0 unspecified atom stereocenters. The Bertz CT molecular complexity index is 590. The van der Waals surface area contributed by atoms with E-state index in [0.717, 1.165) is 18.4 Å². The van der Waals surface area contributed by atoms with Gasteiger partial charge in [0.1, 0.15) is 0 Å². The second-order valence-electron chi connectivity index (χ2n) is 7.36. The van der Waals surface area contributed by atoms with Gasteiger partial charge in [-0.3, -0.25) is 9.59 Å². The molecule has 0 aliphatic heterocycles. The molecule has 1 saturated carbocycles. The summed E-state index contributed by atoms with van der Waals surface area (Å²) < 4.78 is 0. The highest BCUT2D eigenvalue weighted by Crippen LogP contribution is 2.30.